The largest absolute Gasteiger partial charge is 0.480 e. The summed E-state index contributed by atoms with van der Waals surface area (Å²) in [6.45, 7) is 3.18. The Bertz CT molecular complexity index is 623. The molecule has 1 fully saturated rings. The minimum Gasteiger partial charge on any atom is -0.480 e. The quantitative estimate of drug-likeness (QED) is 0.742. The highest BCUT2D eigenvalue weighted by Crippen LogP contribution is 2.24. The van der Waals surface area contributed by atoms with Crippen LogP contribution in [0.5, 0.6) is 0 Å². The molecule has 0 aliphatic carbocycles. The van der Waals surface area contributed by atoms with E-state index in [4.69, 9.17) is 4.42 Å². The smallest absolute Gasteiger partial charge is 0.322 e. The third kappa shape index (κ3) is 2.20. The molecule has 19 heavy (non-hydrogen) atoms. The fraction of sp³-hybridized carbons (Fsp3) is 0.385. The molecule has 3 N–H and O–H groups in total. The number of rotatable bonds is 2. The van der Waals surface area contributed by atoms with Crippen LogP contribution in [0.2, 0.25) is 0 Å². The predicted octanol–water partition coefficient (Wildman–Crippen LogP) is 0.823. The monoisotopic (exact) mass is 261 g/mol. The zero-order chi connectivity index (χ0) is 13.4. The van der Waals surface area contributed by atoms with Gasteiger partial charge in [-0.1, -0.05) is 6.07 Å². The van der Waals surface area contributed by atoms with Crippen molar-refractivity contribution in [2.75, 3.05) is 13.1 Å². The van der Waals surface area contributed by atoms with Gasteiger partial charge in [-0.2, -0.15) is 0 Å². The van der Waals surface area contributed by atoms with Crippen LogP contribution in [0.15, 0.2) is 22.6 Å². The van der Waals surface area contributed by atoms with Gasteiger partial charge in [0.25, 0.3) is 0 Å². The number of benzene rings is 1. The molecule has 2 unspecified atom stereocenters. The van der Waals surface area contributed by atoms with E-state index >= 15 is 0 Å². The molecule has 1 aromatic heterocycles. The van der Waals surface area contributed by atoms with Gasteiger partial charge in [0.05, 0.1) is 6.04 Å². The summed E-state index contributed by atoms with van der Waals surface area (Å²) in [5.41, 5.74) is 2.38. The number of nitrogens with one attached hydrogen (secondary N) is 2. The maximum Gasteiger partial charge on any atom is 0.322 e. The standard InChI is InChI=1S/C13H15N3O3/c1-7-16-9-6-8(2-3-10(9)19-7)11-12(13(17)18)15-5-4-14-11/h2-3,6,11-12,14-15H,4-5H2,1H3,(H,17,18). The lowest BCUT2D eigenvalue weighted by Gasteiger charge is -2.31. The number of nitrogens with zero attached hydrogens (tertiary/aromatic N) is 1. The molecule has 2 aromatic rings. The first-order valence-electron chi connectivity index (χ1n) is 6.22. The Morgan fingerprint density at radius 1 is 1.42 bits per heavy atom. The van der Waals surface area contributed by atoms with E-state index in [-0.39, 0.29) is 6.04 Å². The van der Waals surface area contributed by atoms with Gasteiger partial charge in [-0.3, -0.25) is 4.79 Å². The van der Waals surface area contributed by atoms with Gasteiger partial charge in [-0.25, -0.2) is 4.98 Å². The first kappa shape index (κ1) is 12.1. The molecule has 100 valence electrons. The van der Waals surface area contributed by atoms with E-state index in [1.165, 1.54) is 0 Å². The van der Waals surface area contributed by atoms with Crippen LogP contribution in [0, 0.1) is 6.92 Å². The summed E-state index contributed by atoms with van der Waals surface area (Å²) in [4.78, 5) is 15.5. The van der Waals surface area contributed by atoms with E-state index in [1.807, 2.05) is 18.2 Å². The van der Waals surface area contributed by atoms with Crippen LogP contribution in [0.3, 0.4) is 0 Å². The van der Waals surface area contributed by atoms with E-state index in [1.54, 1.807) is 6.92 Å². The number of oxazole rings is 1. The lowest BCUT2D eigenvalue weighted by Crippen LogP contribution is -2.54. The van der Waals surface area contributed by atoms with Crippen molar-refractivity contribution in [2.24, 2.45) is 0 Å². The molecule has 3 rings (SSSR count). The van der Waals surface area contributed by atoms with Gasteiger partial charge in [0.15, 0.2) is 11.5 Å². The predicted molar refractivity (Wildman–Crippen MR) is 68.9 cm³/mol. The third-order valence-electron chi connectivity index (χ3n) is 3.33. The molecule has 0 saturated carbocycles. The number of carboxylic acid groups (broad SMARTS) is 1. The number of fused-ring (bicyclic) bond motifs is 1. The van der Waals surface area contributed by atoms with Crippen LogP contribution in [-0.2, 0) is 4.79 Å². The molecular formula is C13H15N3O3. The van der Waals surface area contributed by atoms with E-state index in [0.717, 1.165) is 23.2 Å². The number of piperazine rings is 1. The molecule has 6 heteroatoms. The van der Waals surface area contributed by atoms with Gasteiger partial charge in [0, 0.05) is 20.0 Å². The second-order valence-corrected chi connectivity index (χ2v) is 4.66. The highest BCUT2D eigenvalue weighted by atomic mass is 16.4. The number of carboxylic acids is 1. The maximum absolute atomic E-state index is 11.3. The average molecular weight is 261 g/mol. The summed E-state index contributed by atoms with van der Waals surface area (Å²) in [5, 5.41) is 15.5. The minimum absolute atomic E-state index is 0.257. The summed E-state index contributed by atoms with van der Waals surface area (Å²) < 4.78 is 5.42. The second-order valence-electron chi connectivity index (χ2n) is 4.66. The number of carbonyl (C=O) groups is 1. The highest BCUT2D eigenvalue weighted by Gasteiger charge is 2.31. The molecule has 0 amide bonds. The fourth-order valence-electron chi connectivity index (χ4n) is 2.48. The topological polar surface area (TPSA) is 87.4 Å². The van der Waals surface area contributed by atoms with Crippen molar-refractivity contribution in [3.63, 3.8) is 0 Å². The molecule has 6 nitrogen and oxygen atoms in total. The zero-order valence-electron chi connectivity index (χ0n) is 10.5. The lowest BCUT2D eigenvalue weighted by atomic mass is 9.97. The number of aryl methyl sites for hydroxylation is 1. The molecule has 1 aliphatic rings. The lowest BCUT2D eigenvalue weighted by molar-refractivity contribution is -0.140. The highest BCUT2D eigenvalue weighted by molar-refractivity contribution is 5.77. The fourth-order valence-corrected chi connectivity index (χ4v) is 2.48. The number of aromatic nitrogens is 1. The van der Waals surface area contributed by atoms with Crippen LogP contribution in [-0.4, -0.2) is 35.2 Å². The first-order valence-corrected chi connectivity index (χ1v) is 6.22. The molecule has 1 aliphatic heterocycles. The SMILES string of the molecule is Cc1nc2cc(C3NCCNC3C(=O)O)ccc2o1. The first-order chi connectivity index (χ1) is 9.15. The summed E-state index contributed by atoms with van der Waals surface area (Å²) in [6.07, 6.45) is 0. The maximum atomic E-state index is 11.3. The van der Waals surface area contributed by atoms with Gasteiger partial charge >= 0.3 is 5.97 Å². The van der Waals surface area contributed by atoms with Crippen molar-refractivity contribution >= 4 is 17.1 Å². The van der Waals surface area contributed by atoms with Crippen molar-refractivity contribution in [1.29, 1.82) is 0 Å². The van der Waals surface area contributed by atoms with Gasteiger partial charge < -0.3 is 20.2 Å². The van der Waals surface area contributed by atoms with Crippen molar-refractivity contribution in [3.05, 3.63) is 29.7 Å². The number of hydrogen-bond acceptors (Lipinski definition) is 5. The average Bonchev–Trinajstić information content (AvgIpc) is 2.77. The molecule has 0 radical (unpaired) electrons. The van der Waals surface area contributed by atoms with Crippen molar-refractivity contribution < 1.29 is 14.3 Å². The normalized spacial score (nSPS) is 23.6. The van der Waals surface area contributed by atoms with Crippen LogP contribution < -0.4 is 10.6 Å². The minimum atomic E-state index is -0.853. The van der Waals surface area contributed by atoms with Crippen molar-refractivity contribution in [1.82, 2.24) is 15.6 Å². The molecule has 0 bridgehead atoms. The molecule has 1 saturated heterocycles. The van der Waals surface area contributed by atoms with Crippen LogP contribution >= 0.6 is 0 Å². The Morgan fingerprint density at radius 3 is 3.00 bits per heavy atom. The van der Waals surface area contributed by atoms with Gasteiger partial charge in [0.2, 0.25) is 0 Å². The molecule has 2 heterocycles. The van der Waals surface area contributed by atoms with Crippen LogP contribution in [0.25, 0.3) is 11.1 Å². The van der Waals surface area contributed by atoms with E-state index in [9.17, 15) is 9.90 Å². The third-order valence-corrected chi connectivity index (χ3v) is 3.33. The Hall–Kier alpha value is -1.92. The summed E-state index contributed by atoms with van der Waals surface area (Å²) in [7, 11) is 0. The zero-order valence-corrected chi connectivity index (χ0v) is 10.5. The van der Waals surface area contributed by atoms with Crippen LogP contribution in [0.4, 0.5) is 0 Å². The van der Waals surface area contributed by atoms with Gasteiger partial charge in [-0.05, 0) is 17.7 Å². The summed E-state index contributed by atoms with van der Waals surface area (Å²) in [6, 6.07) is 4.71. The summed E-state index contributed by atoms with van der Waals surface area (Å²) >= 11 is 0. The molecule has 0 spiro atoms. The van der Waals surface area contributed by atoms with Crippen molar-refractivity contribution in [3.8, 4) is 0 Å². The Labute approximate surface area is 109 Å². The molecule has 1 aromatic carbocycles. The Kier molecular flexibility index (Phi) is 2.96. The van der Waals surface area contributed by atoms with E-state index in [2.05, 4.69) is 15.6 Å². The molecular weight excluding hydrogens is 246 g/mol. The Balaban J connectivity index is 1.99. The second kappa shape index (κ2) is 4.64. The van der Waals surface area contributed by atoms with E-state index in [0.29, 0.717) is 12.4 Å². The molecule has 2 atom stereocenters. The number of hydrogen-bond donors (Lipinski definition) is 3. The van der Waals surface area contributed by atoms with Gasteiger partial charge in [0.1, 0.15) is 11.6 Å². The van der Waals surface area contributed by atoms with Crippen LogP contribution in [0.1, 0.15) is 17.5 Å². The van der Waals surface area contributed by atoms with Gasteiger partial charge in [-0.15, -0.1) is 0 Å². The number of aliphatic carboxylic acids is 1. The van der Waals surface area contributed by atoms with Crippen molar-refractivity contribution in [2.45, 2.75) is 19.0 Å². The Morgan fingerprint density at radius 2 is 2.21 bits per heavy atom. The summed E-state index contributed by atoms with van der Waals surface area (Å²) in [5.74, 6) is -0.245. The van der Waals surface area contributed by atoms with E-state index < -0.39 is 12.0 Å².